The van der Waals surface area contributed by atoms with Gasteiger partial charge in [0.1, 0.15) is 0 Å². The zero-order valence-corrected chi connectivity index (χ0v) is 7.12. The number of fused-ring (bicyclic) bond motifs is 1. The van der Waals surface area contributed by atoms with Gasteiger partial charge in [-0.05, 0) is 28.1 Å². The Hall–Kier alpha value is -1.10. The topological polar surface area (TPSA) is 56.2 Å². The number of hydrogen-bond acceptors (Lipinski definition) is 3. The molecule has 0 spiro atoms. The minimum Gasteiger partial charge on any atom is -0.397 e. The fraction of sp³-hybridized carbons (Fsp3) is 0. The molecular weight excluding hydrogens is 208 g/mol. The maximum atomic E-state index is 5.53. The minimum absolute atomic E-state index is 0.572. The summed E-state index contributed by atoms with van der Waals surface area (Å²) in [5, 5.41) is 4.02. The molecular formula is C6H5BrN4. The van der Waals surface area contributed by atoms with Crippen LogP contribution in [0.1, 0.15) is 0 Å². The summed E-state index contributed by atoms with van der Waals surface area (Å²) in [7, 11) is 0. The third-order valence-electron chi connectivity index (χ3n) is 1.33. The van der Waals surface area contributed by atoms with Gasteiger partial charge in [0.2, 0.25) is 4.73 Å². The summed E-state index contributed by atoms with van der Waals surface area (Å²) in [6.07, 6.45) is 1.72. The van der Waals surface area contributed by atoms with E-state index in [4.69, 9.17) is 5.73 Å². The van der Waals surface area contributed by atoms with Gasteiger partial charge >= 0.3 is 0 Å². The van der Waals surface area contributed by atoms with Crippen LogP contribution in [-0.2, 0) is 0 Å². The molecule has 0 amide bonds. The third-order valence-corrected chi connectivity index (χ3v) is 1.66. The summed E-state index contributed by atoms with van der Waals surface area (Å²) < 4.78 is 2.20. The van der Waals surface area contributed by atoms with E-state index in [1.165, 1.54) is 0 Å². The SMILES string of the molecule is Nc1ccc2nc(Br)nn2c1. The van der Waals surface area contributed by atoms with Crippen molar-refractivity contribution in [2.45, 2.75) is 0 Å². The molecule has 0 saturated heterocycles. The smallest absolute Gasteiger partial charge is 0.218 e. The Labute approximate surface area is 71.2 Å². The Balaban J connectivity index is 2.82. The summed E-state index contributed by atoms with van der Waals surface area (Å²) in [5.74, 6) is 0. The van der Waals surface area contributed by atoms with Gasteiger partial charge in [-0.1, -0.05) is 0 Å². The number of nitrogens with two attached hydrogens (primary N) is 1. The molecule has 2 heterocycles. The fourth-order valence-electron chi connectivity index (χ4n) is 0.872. The Bertz CT molecular complexity index is 394. The monoisotopic (exact) mass is 212 g/mol. The quantitative estimate of drug-likeness (QED) is 0.712. The second-order valence-corrected chi connectivity index (χ2v) is 2.86. The number of nitrogens with zero attached hydrogens (tertiary/aromatic N) is 3. The van der Waals surface area contributed by atoms with Crippen LogP contribution in [0.25, 0.3) is 5.65 Å². The first-order chi connectivity index (χ1) is 5.25. The molecule has 5 heteroatoms. The van der Waals surface area contributed by atoms with Crippen molar-refractivity contribution in [3.8, 4) is 0 Å². The van der Waals surface area contributed by atoms with Crippen molar-refractivity contribution in [3.05, 3.63) is 23.1 Å². The van der Waals surface area contributed by atoms with E-state index in [2.05, 4.69) is 26.0 Å². The normalized spacial score (nSPS) is 10.6. The molecule has 2 rings (SSSR count). The molecule has 0 aliphatic heterocycles. The van der Waals surface area contributed by atoms with E-state index in [9.17, 15) is 0 Å². The molecule has 56 valence electrons. The van der Waals surface area contributed by atoms with Crippen LogP contribution in [0.3, 0.4) is 0 Å². The highest BCUT2D eigenvalue weighted by Gasteiger charge is 1.98. The lowest BCUT2D eigenvalue weighted by Gasteiger charge is -1.91. The van der Waals surface area contributed by atoms with Gasteiger partial charge in [-0.25, -0.2) is 9.50 Å². The second kappa shape index (κ2) is 2.20. The highest BCUT2D eigenvalue weighted by Crippen LogP contribution is 2.08. The summed E-state index contributed by atoms with van der Waals surface area (Å²) >= 11 is 3.17. The van der Waals surface area contributed by atoms with Gasteiger partial charge in [0, 0.05) is 0 Å². The van der Waals surface area contributed by atoms with Crippen LogP contribution in [0, 0.1) is 0 Å². The van der Waals surface area contributed by atoms with Crippen molar-refractivity contribution >= 4 is 27.3 Å². The molecule has 0 radical (unpaired) electrons. The minimum atomic E-state index is 0.572. The first-order valence-corrected chi connectivity index (χ1v) is 3.82. The fourth-order valence-corrected chi connectivity index (χ4v) is 1.22. The van der Waals surface area contributed by atoms with Gasteiger partial charge in [0.05, 0.1) is 11.9 Å². The summed E-state index contributed by atoms with van der Waals surface area (Å²) in [6, 6.07) is 3.60. The average Bonchev–Trinajstić information content (AvgIpc) is 2.27. The van der Waals surface area contributed by atoms with Gasteiger partial charge < -0.3 is 5.73 Å². The highest BCUT2D eigenvalue weighted by atomic mass is 79.9. The van der Waals surface area contributed by atoms with Gasteiger partial charge in [-0.15, -0.1) is 5.10 Å². The average molecular weight is 213 g/mol. The number of anilines is 1. The second-order valence-electron chi connectivity index (χ2n) is 2.15. The van der Waals surface area contributed by atoms with Gasteiger partial charge in [-0.3, -0.25) is 0 Å². The molecule has 2 N–H and O–H groups in total. The predicted molar refractivity (Wildman–Crippen MR) is 45.1 cm³/mol. The summed E-state index contributed by atoms with van der Waals surface area (Å²) in [4.78, 5) is 4.07. The zero-order valence-electron chi connectivity index (χ0n) is 5.53. The first-order valence-electron chi connectivity index (χ1n) is 3.03. The Morgan fingerprint density at radius 3 is 3.09 bits per heavy atom. The van der Waals surface area contributed by atoms with E-state index in [-0.39, 0.29) is 0 Å². The Kier molecular flexibility index (Phi) is 1.32. The number of halogens is 1. The lowest BCUT2D eigenvalue weighted by molar-refractivity contribution is 0.948. The molecule has 11 heavy (non-hydrogen) atoms. The molecule has 2 aromatic rings. The molecule has 0 saturated carbocycles. The van der Waals surface area contributed by atoms with E-state index in [0.29, 0.717) is 10.4 Å². The van der Waals surface area contributed by atoms with E-state index in [1.54, 1.807) is 16.8 Å². The summed E-state index contributed by atoms with van der Waals surface area (Å²) in [5.41, 5.74) is 6.99. The Morgan fingerprint density at radius 1 is 1.45 bits per heavy atom. The number of pyridine rings is 1. The van der Waals surface area contributed by atoms with Crippen molar-refractivity contribution in [2.75, 3.05) is 5.73 Å². The third kappa shape index (κ3) is 1.07. The van der Waals surface area contributed by atoms with Crippen LogP contribution in [0.5, 0.6) is 0 Å². The van der Waals surface area contributed by atoms with Crippen molar-refractivity contribution in [3.63, 3.8) is 0 Å². The van der Waals surface area contributed by atoms with E-state index >= 15 is 0 Å². The van der Waals surface area contributed by atoms with Crippen molar-refractivity contribution < 1.29 is 0 Å². The maximum absolute atomic E-state index is 5.53. The largest absolute Gasteiger partial charge is 0.397 e. The maximum Gasteiger partial charge on any atom is 0.218 e. The van der Waals surface area contributed by atoms with Gasteiger partial charge in [0.25, 0.3) is 0 Å². The van der Waals surface area contributed by atoms with Gasteiger partial charge in [0.15, 0.2) is 5.65 Å². The van der Waals surface area contributed by atoms with Crippen LogP contribution < -0.4 is 5.73 Å². The molecule has 0 aromatic carbocycles. The van der Waals surface area contributed by atoms with Crippen LogP contribution >= 0.6 is 15.9 Å². The summed E-state index contributed by atoms with van der Waals surface area (Å²) in [6.45, 7) is 0. The van der Waals surface area contributed by atoms with Crippen molar-refractivity contribution in [1.29, 1.82) is 0 Å². The molecule has 4 nitrogen and oxygen atoms in total. The van der Waals surface area contributed by atoms with Crippen molar-refractivity contribution in [1.82, 2.24) is 14.6 Å². The number of rotatable bonds is 0. The lowest BCUT2D eigenvalue weighted by Crippen LogP contribution is -1.90. The molecule has 0 atom stereocenters. The molecule has 0 bridgehead atoms. The van der Waals surface area contributed by atoms with Crippen LogP contribution in [-0.4, -0.2) is 14.6 Å². The molecule has 0 aliphatic carbocycles. The number of aromatic nitrogens is 3. The lowest BCUT2D eigenvalue weighted by atomic mass is 10.4. The molecule has 0 aliphatic rings. The molecule has 0 fully saturated rings. The molecule has 2 aromatic heterocycles. The predicted octanol–water partition coefficient (Wildman–Crippen LogP) is 1.07. The zero-order chi connectivity index (χ0) is 7.84. The van der Waals surface area contributed by atoms with E-state index in [1.807, 2.05) is 6.07 Å². The van der Waals surface area contributed by atoms with E-state index in [0.717, 1.165) is 5.65 Å². The van der Waals surface area contributed by atoms with E-state index < -0.39 is 0 Å². The molecule has 0 unspecified atom stereocenters. The standard InChI is InChI=1S/C6H5BrN4/c7-6-9-5-2-1-4(8)3-11(5)10-6/h1-3H,8H2. The van der Waals surface area contributed by atoms with Gasteiger partial charge in [-0.2, -0.15) is 0 Å². The number of nitrogen functional groups attached to an aromatic ring is 1. The van der Waals surface area contributed by atoms with Crippen molar-refractivity contribution in [2.24, 2.45) is 0 Å². The Morgan fingerprint density at radius 2 is 2.27 bits per heavy atom. The first kappa shape index (κ1) is 6.60. The highest BCUT2D eigenvalue weighted by molar-refractivity contribution is 9.10. The van der Waals surface area contributed by atoms with Crippen LogP contribution in [0.4, 0.5) is 5.69 Å². The van der Waals surface area contributed by atoms with Crippen LogP contribution in [0.15, 0.2) is 23.1 Å². The number of hydrogen-bond donors (Lipinski definition) is 1. The van der Waals surface area contributed by atoms with Crippen LogP contribution in [0.2, 0.25) is 0 Å².